The second-order valence-electron chi connectivity index (χ2n) is 7.78. The molecule has 0 bridgehead atoms. The van der Waals surface area contributed by atoms with Crippen LogP contribution in [0, 0.1) is 5.82 Å². The van der Waals surface area contributed by atoms with E-state index >= 15 is 0 Å². The van der Waals surface area contributed by atoms with Gasteiger partial charge in [0.1, 0.15) is 24.3 Å². The lowest BCUT2D eigenvalue weighted by Gasteiger charge is -2.36. The Morgan fingerprint density at radius 1 is 1.25 bits per heavy atom. The SMILES string of the molecule is COCCN(CC1CN(CC(O)COc2ccc(F)cc2)CCO1)C(=O)c1ccccc1. The first-order chi connectivity index (χ1) is 15.5. The Hall–Kier alpha value is -2.52. The lowest BCUT2D eigenvalue weighted by Crippen LogP contribution is -2.51. The standard InChI is InChI=1S/C24H31FN2O5/c1-30-13-12-27(24(29)19-5-3-2-4-6-19)17-23-16-26(11-14-31-23)15-21(28)18-32-22-9-7-20(25)8-10-22/h2-10,21,23,28H,11-18H2,1H3. The third-order valence-corrected chi connectivity index (χ3v) is 5.25. The van der Waals surface area contributed by atoms with Crippen molar-refractivity contribution in [3.8, 4) is 5.75 Å². The molecule has 174 valence electrons. The molecule has 2 aromatic carbocycles. The van der Waals surface area contributed by atoms with Crippen LogP contribution < -0.4 is 4.74 Å². The van der Waals surface area contributed by atoms with Crippen LogP contribution >= 0.6 is 0 Å². The van der Waals surface area contributed by atoms with Gasteiger partial charge in [-0.05, 0) is 36.4 Å². The molecule has 0 radical (unpaired) electrons. The molecule has 7 nitrogen and oxygen atoms in total. The zero-order valence-electron chi connectivity index (χ0n) is 18.4. The van der Waals surface area contributed by atoms with Crippen LogP contribution in [0.2, 0.25) is 0 Å². The molecule has 0 aromatic heterocycles. The van der Waals surface area contributed by atoms with Crippen molar-refractivity contribution in [2.75, 3.05) is 59.7 Å². The van der Waals surface area contributed by atoms with Crippen LogP contribution in [0.15, 0.2) is 54.6 Å². The van der Waals surface area contributed by atoms with Gasteiger partial charge in [-0.2, -0.15) is 0 Å². The summed E-state index contributed by atoms with van der Waals surface area (Å²) in [6.07, 6.45) is -0.868. The number of hydrogen-bond donors (Lipinski definition) is 1. The van der Waals surface area contributed by atoms with Crippen LogP contribution in [-0.2, 0) is 9.47 Å². The first-order valence-electron chi connectivity index (χ1n) is 10.8. The maximum atomic E-state index is 13.0. The van der Waals surface area contributed by atoms with Crippen LogP contribution in [0.4, 0.5) is 4.39 Å². The number of morpholine rings is 1. The smallest absolute Gasteiger partial charge is 0.254 e. The summed E-state index contributed by atoms with van der Waals surface area (Å²) in [4.78, 5) is 16.8. The van der Waals surface area contributed by atoms with Crippen molar-refractivity contribution < 1.29 is 28.5 Å². The number of carbonyl (C=O) groups excluding carboxylic acids is 1. The fourth-order valence-corrected chi connectivity index (χ4v) is 3.62. The van der Waals surface area contributed by atoms with Crippen molar-refractivity contribution in [1.29, 1.82) is 0 Å². The quantitative estimate of drug-likeness (QED) is 0.570. The van der Waals surface area contributed by atoms with E-state index in [9.17, 15) is 14.3 Å². The van der Waals surface area contributed by atoms with Gasteiger partial charge in [-0.25, -0.2) is 4.39 Å². The van der Waals surface area contributed by atoms with E-state index < -0.39 is 6.10 Å². The Kier molecular flexibility index (Phi) is 9.43. The molecule has 2 unspecified atom stereocenters. The largest absolute Gasteiger partial charge is 0.491 e. The summed E-state index contributed by atoms with van der Waals surface area (Å²) in [7, 11) is 1.61. The molecule has 32 heavy (non-hydrogen) atoms. The Morgan fingerprint density at radius 3 is 2.72 bits per heavy atom. The monoisotopic (exact) mass is 446 g/mol. The maximum Gasteiger partial charge on any atom is 0.254 e. The summed E-state index contributed by atoms with van der Waals surface area (Å²) in [6.45, 7) is 3.69. The summed E-state index contributed by atoms with van der Waals surface area (Å²) in [5.41, 5.74) is 0.629. The van der Waals surface area contributed by atoms with E-state index in [0.717, 1.165) is 0 Å². The highest BCUT2D eigenvalue weighted by Crippen LogP contribution is 2.13. The summed E-state index contributed by atoms with van der Waals surface area (Å²) < 4.78 is 29.6. The molecule has 1 fully saturated rings. The summed E-state index contributed by atoms with van der Waals surface area (Å²) in [5, 5.41) is 10.4. The second kappa shape index (κ2) is 12.5. The van der Waals surface area contributed by atoms with Crippen LogP contribution in [-0.4, -0.2) is 92.7 Å². The fourth-order valence-electron chi connectivity index (χ4n) is 3.62. The van der Waals surface area contributed by atoms with E-state index in [4.69, 9.17) is 14.2 Å². The van der Waals surface area contributed by atoms with E-state index in [2.05, 4.69) is 4.90 Å². The minimum atomic E-state index is -0.700. The van der Waals surface area contributed by atoms with Gasteiger partial charge >= 0.3 is 0 Å². The Balaban J connectivity index is 1.50. The zero-order valence-corrected chi connectivity index (χ0v) is 18.4. The van der Waals surface area contributed by atoms with Crippen molar-refractivity contribution in [2.45, 2.75) is 12.2 Å². The first-order valence-corrected chi connectivity index (χ1v) is 10.8. The van der Waals surface area contributed by atoms with E-state index in [1.807, 2.05) is 18.2 Å². The van der Waals surface area contributed by atoms with Gasteiger partial charge in [-0.15, -0.1) is 0 Å². The number of benzene rings is 2. The van der Waals surface area contributed by atoms with Crippen molar-refractivity contribution in [1.82, 2.24) is 9.80 Å². The Labute approximate surface area is 188 Å². The normalized spacial score (nSPS) is 17.7. The molecule has 1 aliphatic heterocycles. The third kappa shape index (κ3) is 7.56. The summed E-state index contributed by atoms with van der Waals surface area (Å²) in [6, 6.07) is 14.9. The minimum Gasteiger partial charge on any atom is -0.491 e. The van der Waals surface area contributed by atoms with Gasteiger partial charge in [0.25, 0.3) is 5.91 Å². The third-order valence-electron chi connectivity index (χ3n) is 5.25. The number of ether oxygens (including phenoxy) is 3. The second-order valence-corrected chi connectivity index (χ2v) is 7.78. The van der Waals surface area contributed by atoms with Crippen molar-refractivity contribution in [3.05, 3.63) is 66.0 Å². The lowest BCUT2D eigenvalue weighted by molar-refractivity contribution is -0.0546. The van der Waals surface area contributed by atoms with Gasteiger partial charge < -0.3 is 24.2 Å². The van der Waals surface area contributed by atoms with Crippen LogP contribution in [0.3, 0.4) is 0 Å². The molecular formula is C24H31FN2O5. The van der Waals surface area contributed by atoms with Gasteiger partial charge in [0, 0.05) is 45.4 Å². The predicted molar refractivity (Wildman–Crippen MR) is 118 cm³/mol. The van der Waals surface area contributed by atoms with Gasteiger partial charge in [-0.1, -0.05) is 18.2 Å². The fraction of sp³-hybridized carbons (Fsp3) is 0.458. The highest BCUT2D eigenvalue weighted by molar-refractivity contribution is 5.94. The van der Waals surface area contributed by atoms with E-state index in [1.54, 1.807) is 24.1 Å². The number of β-amino-alcohol motifs (C(OH)–C–C–N with tert-alkyl or cyclic N) is 1. The summed E-state index contributed by atoms with van der Waals surface area (Å²) >= 11 is 0. The zero-order chi connectivity index (χ0) is 22.8. The molecule has 0 saturated carbocycles. The molecule has 3 rings (SSSR count). The molecular weight excluding hydrogens is 415 g/mol. The topological polar surface area (TPSA) is 71.5 Å². The number of aliphatic hydroxyl groups is 1. The number of aliphatic hydroxyl groups excluding tert-OH is 1. The molecule has 1 aliphatic rings. The highest BCUT2D eigenvalue weighted by Gasteiger charge is 2.26. The predicted octanol–water partition coefficient (Wildman–Crippen LogP) is 2.05. The van der Waals surface area contributed by atoms with Crippen molar-refractivity contribution in [3.63, 3.8) is 0 Å². The van der Waals surface area contributed by atoms with Crippen LogP contribution in [0.25, 0.3) is 0 Å². The molecule has 1 heterocycles. The Morgan fingerprint density at radius 2 is 2.00 bits per heavy atom. The number of rotatable bonds is 11. The van der Waals surface area contributed by atoms with Gasteiger partial charge in [0.05, 0.1) is 19.3 Å². The molecule has 2 aromatic rings. The number of carbonyl (C=O) groups is 1. The van der Waals surface area contributed by atoms with Gasteiger partial charge in [0.15, 0.2) is 0 Å². The molecule has 1 N–H and O–H groups in total. The minimum absolute atomic E-state index is 0.0592. The van der Waals surface area contributed by atoms with Gasteiger partial charge in [0.2, 0.25) is 0 Å². The van der Waals surface area contributed by atoms with E-state index in [0.29, 0.717) is 57.3 Å². The molecule has 0 spiro atoms. The maximum absolute atomic E-state index is 13.0. The first kappa shape index (κ1) is 24.1. The molecule has 1 amide bonds. The highest BCUT2D eigenvalue weighted by atomic mass is 19.1. The van der Waals surface area contributed by atoms with E-state index in [1.165, 1.54) is 24.3 Å². The number of halogens is 1. The molecule has 8 heteroatoms. The lowest BCUT2D eigenvalue weighted by atomic mass is 10.1. The average molecular weight is 447 g/mol. The average Bonchev–Trinajstić information content (AvgIpc) is 2.82. The number of amides is 1. The number of nitrogens with zero attached hydrogens (tertiary/aromatic N) is 2. The summed E-state index contributed by atoms with van der Waals surface area (Å²) in [5.74, 6) is 0.122. The van der Waals surface area contributed by atoms with Crippen LogP contribution in [0.1, 0.15) is 10.4 Å². The molecule has 1 saturated heterocycles. The van der Waals surface area contributed by atoms with Crippen molar-refractivity contribution >= 4 is 5.91 Å². The van der Waals surface area contributed by atoms with Crippen molar-refractivity contribution in [2.24, 2.45) is 0 Å². The molecule has 2 atom stereocenters. The van der Waals surface area contributed by atoms with E-state index in [-0.39, 0.29) is 24.4 Å². The molecule has 0 aliphatic carbocycles. The number of methoxy groups -OCH3 is 1. The number of hydrogen-bond acceptors (Lipinski definition) is 6. The van der Waals surface area contributed by atoms with Crippen LogP contribution in [0.5, 0.6) is 5.75 Å². The van der Waals surface area contributed by atoms with Gasteiger partial charge in [-0.3, -0.25) is 9.69 Å². The Bertz CT molecular complexity index is 821.